The molecule has 0 atom stereocenters. The van der Waals surface area contributed by atoms with E-state index < -0.39 is 24.2 Å². The van der Waals surface area contributed by atoms with Crippen LogP contribution >= 0.6 is 0 Å². The highest BCUT2D eigenvalue weighted by Crippen LogP contribution is 2.22. The Morgan fingerprint density at radius 1 is 1.17 bits per heavy atom. The number of ketones is 2. The summed E-state index contributed by atoms with van der Waals surface area (Å²) in [5.41, 5.74) is 0.389. The number of hydrogen-bond donors (Lipinski definition) is 0. The predicted octanol–water partition coefficient (Wildman–Crippen LogP) is 3.14. The van der Waals surface area contributed by atoms with Crippen LogP contribution in [0.2, 0.25) is 0 Å². The highest BCUT2D eigenvalue weighted by Gasteiger charge is 2.39. The van der Waals surface area contributed by atoms with Crippen LogP contribution in [0, 0.1) is 0 Å². The van der Waals surface area contributed by atoms with E-state index in [0.717, 1.165) is 0 Å². The van der Waals surface area contributed by atoms with Crippen molar-refractivity contribution in [3.8, 4) is 0 Å². The van der Waals surface area contributed by atoms with E-state index in [-0.39, 0.29) is 5.76 Å². The number of hydrogen-bond acceptors (Lipinski definition) is 3. The van der Waals surface area contributed by atoms with Crippen LogP contribution in [0.15, 0.2) is 34.7 Å². The van der Waals surface area contributed by atoms with Gasteiger partial charge >= 0.3 is 6.18 Å². The summed E-state index contributed by atoms with van der Waals surface area (Å²) in [4.78, 5) is 22.1. The van der Waals surface area contributed by atoms with Gasteiger partial charge in [0.1, 0.15) is 5.58 Å². The van der Waals surface area contributed by atoms with Crippen LogP contribution in [0.5, 0.6) is 0 Å². The minimum absolute atomic E-state index is 0.242. The zero-order chi connectivity index (χ0) is 13.3. The molecule has 3 nitrogen and oxygen atoms in total. The lowest BCUT2D eigenvalue weighted by atomic mass is 10.1. The molecule has 0 radical (unpaired) electrons. The quantitative estimate of drug-likeness (QED) is 0.626. The van der Waals surface area contributed by atoms with Gasteiger partial charge in [0.25, 0.3) is 0 Å². The molecule has 0 saturated carbocycles. The average Bonchev–Trinajstić information content (AvgIpc) is 2.71. The molecule has 0 N–H and O–H groups in total. The standard InChI is InChI=1S/C12H7F3O3/c13-12(14,15)11(17)6-8(16)10-5-7-3-1-2-4-9(7)18-10/h1-5H,6H2. The Kier molecular flexibility index (Phi) is 2.94. The number of fused-ring (bicyclic) bond motifs is 1. The monoisotopic (exact) mass is 256 g/mol. The first-order chi connectivity index (χ1) is 8.38. The van der Waals surface area contributed by atoms with E-state index in [0.29, 0.717) is 11.0 Å². The molecule has 1 aromatic carbocycles. The maximum Gasteiger partial charge on any atom is 0.450 e. The molecule has 1 heterocycles. The van der Waals surface area contributed by atoms with Crippen molar-refractivity contribution in [3.05, 3.63) is 36.1 Å². The fraction of sp³-hybridized carbons (Fsp3) is 0.167. The molecule has 0 amide bonds. The molecule has 0 aliphatic heterocycles. The highest BCUT2D eigenvalue weighted by molar-refractivity contribution is 6.09. The van der Waals surface area contributed by atoms with Crippen LogP contribution in [-0.4, -0.2) is 17.7 Å². The van der Waals surface area contributed by atoms with Gasteiger partial charge in [-0.05, 0) is 12.1 Å². The minimum Gasteiger partial charge on any atom is -0.453 e. The topological polar surface area (TPSA) is 47.3 Å². The number of carbonyl (C=O) groups is 2. The van der Waals surface area contributed by atoms with E-state index in [4.69, 9.17) is 4.42 Å². The molecule has 0 bridgehead atoms. The van der Waals surface area contributed by atoms with Crippen molar-refractivity contribution in [3.63, 3.8) is 0 Å². The van der Waals surface area contributed by atoms with Gasteiger partial charge in [-0.15, -0.1) is 0 Å². The SMILES string of the molecule is O=C(CC(=O)C(F)(F)F)c1cc2ccccc2o1. The Bertz CT molecular complexity index is 577. The first-order valence-electron chi connectivity index (χ1n) is 5.00. The van der Waals surface area contributed by atoms with E-state index in [2.05, 4.69) is 0 Å². The molecular weight excluding hydrogens is 249 g/mol. The minimum atomic E-state index is -5.00. The van der Waals surface area contributed by atoms with Gasteiger partial charge in [-0.2, -0.15) is 13.2 Å². The lowest BCUT2D eigenvalue weighted by molar-refractivity contribution is -0.170. The summed E-state index contributed by atoms with van der Waals surface area (Å²) >= 11 is 0. The van der Waals surface area contributed by atoms with Gasteiger partial charge in [-0.1, -0.05) is 18.2 Å². The van der Waals surface area contributed by atoms with Gasteiger partial charge in [0.15, 0.2) is 5.76 Å². The summed E-state index contributed by atoms with van der Waals surface area (Å²) in [5.74, 6) is -3.30. The molecule has 6 heteroatoms. The summed E-state index contributed by atoms with van der Waals surface area (Å²) in [7, 11) is 0. The van der Waals surface area contributed by atoms with Gasteiger partial charge in [-0.25, -0.2) is 0 Å². The number of para-hydroxylation sites is 1. The molecule has 0 spiro atoms. The largest absolute Gasteiger partial charge is 0.453 e. The molecule has 2 rings (SSSR count). The van der Waals surface area contributed by atoms with Crippen LogP contribution in [0.4, 0.5) is 13.2 Å². The number of alkyl halides is 3. The fourth-order valence-electron chi connectivity index (χ4n) is 1.45. The summed E-state index contributed by atoms with van der Waals surface area (Å²) in [6.07, 6.45) is -6.23. The Morgan fingerprint density at radius 2 is 1.83 bits per heavy atom. The molecule has 18 heavy (non-hydrogen) atoms. The molecular formula is C12H7F3O3. The highest BCUT2D eigenvalue weighted by atomic mass is 19.4. The van der Waals surface area contributed by atoms with E-state index in [1.54, 1.807) is 24.3 Å². The van der Waals surface area contributed by atoms with Crippen molar-refractivity contribution >= 4 is 22.5 Å². The van der Waals surface area contributed by atoms with Crippen LogP contribution in [0.3, 0.4) is 0 Å². The number of benzene rings is 1. The van der Waals surface area contributed by atoms with Crippen molar-refractivity contribution in [1.82, 2.24) is 0 Å². The lowest BCUT2D eigenvalue weighted by Gasteiger charge is -2.02. The zero-order valence-electron chi connectivity index (χ0n) is 8.95. The van der Waals surface area contributed by atoms with Crippen molar-refractivity contribution in [1.29, 1.82) is 0 Å². The third kappa shape index (κ3) is 2.42. The van der Waals surface area contributed by atoms with Crippen LogP contribution in [0.25, 0.3) is 11.0 Å². The van der Waals surface area contributed by atoms with Crippen LogP contribution in [-0.2, 0) is 4.79 Å². The smallest absolute Gasteiger partial charge is 0.450 e. The van der Waals surface area contributed by atoms with Crippen LogP contribution in [0.1, 0.15) is 17.0 Å². The fourth-order valence-corrected chi connectivity index (χ4v) is 1.45. The average molecular weight is 256 g/mol. The van der Waals surface area contributed by atoms with Gasteiger partial charge < -0.3 is 4.42 Å². The van der Waals surface area contributed by atoms with E-state index >= 15 is 0 Å². The lowest BCUT2D eigenvalue weighted by Crippen LogP contribution is -2.25. The number of rotatable bonds is 3. The molecule has 0 aliphatic rings. The Hall–Kier alpha value is -2.11. The Morgan fingerprint density at radius 3 is 2.44 bits per heavy atom. The second-order valence-corrected chi connectivity index (χ2v) is 3.67. The third-order valence-electron chi connectivity index (χ3n) is 2.34. The number of Topliss-reactive ketones (excluding diaryl/α,β-unsaturated/α-hetero) is 2. The van der Waals surface area contributed by atoms with Gasteiger partial charge in [-0.3, -0.25) is 9.59 Å². The molecule has 2 aromatic rings. The molecule has 0 unspecified atom stereocenters. The second kappa shape index (κ2) is 4.29. The van der Waals surface area contributed by atoms with Crippen molar-refractivity contribution in [2.75, 3.05) is 0 Å². The van der Waals surface area contributed by atoms with Gasteiger partial charge in [0.2, 0.25) is 11.6 Å². The predicted molar refractivity (Wildman–Crippen MR) is 56.2 cm³/mol. The van der Waals surface area contributed by atoms with E-state index in [9.17, 15) is 22.8 Å². The maximum atomic E-state index is 12.0. The molecule has 1 aromatic heterocycles. The molecule has 0 fully saturated rings. The van der Waals surface area contributed by atoms with E-state index in [1.165, 1.54) is 6.07 Å². The van der Waals surface area contributed by atoms with Crippen molar-refractivity contribution in [2.24, 2.45) is 0 Å². The first kappa shape index (κ1) is 12.3. The first-order valence-corrected chi connectivity index (χ1v) is 5.00. The summed E-state index contributed by atoms with van der Waals surface area (Å²) in [5, 5.41) is 0.598. The summed E-state index contributed by atoms with van der Waals surface area (Å²) in [6, 6.07) is 7.92. The van der Waals surface area contributed by atoms with Crippen molar-refractivity contribution in [2.45, 2.75) is 12.6 Å². The number of halogens is 3. The van der Waals surface area contributed by atoms with E-state index in [1.807, 2.05) is 0 Å². The van der Waals surface area contributed by atoms with Gasteiger partial charge in [0, 0.05) is 5.39 Å². The molecule has 0 aliphatic carbocycles. The second-order valence-electron chi connectivity index (χ2n) is 3.67. The molecule has 94 valence electrons. The maximum absolute atomic E-state index is 12.0. The number of furan rings is 1. The Labute approximate surface area is 99.2 Å². The molecule has 0 saturated heterocycles. The van der Waals surface area contributed by atoms with Gasteiger partial charge in [0.05, 0.1) is 6.42 Å². The number of carbonyl (C=O) groups excluding carboxylic acids is 2. The van der Waals surface area contributed by atoms with Crippen LogP contribution < -0.4 is 0 Å². The summed E-state index contributed by atoms with van der Waals surface area (Å²) < 4.78 is 41.1. The summed E-state index contributed by atoms with van der Waals surface area (Å²) in [6.45, 7) is 0. The van der Waals surface area contributed by atoms with Crippen molar-refractivity contribution < 1.29 is 27.2 Å². The zero-order valence-corrected chi connectivity index (χ0v) is 8.95. The third-order valence-corrected chi connectivity index (χ3v) is 2.34. The Balaban J connectivity index is 2.21. The normalized spacial score (nSPS) is 11.7.